The first-order valence-electron chi connectivity index (χ1n) is 13.4. The number of piperidine rings is 1. The number of aryl methyl sites for hydroxylation is 1. The maximum Gasteiger partial charge on any atom is 0.156 e. The molecule has 8 heteroatoms. The quantitative estimate of drug-likeness (QED) is 0.271. The van der Waals surface area contributed by atoms with Crippen molar-refractivity contribution in [3.8, 4) is 11.3 Å². The Morgan fingerprint density at radius 2 is 2.05 bits per heavy atom. The average Bonchev–Trinajstić information content (AvgIpc) is 3.59. The molecule has 1 aliphatic carbocycles. The van der Waals surface area contributed by atoms with Crippen molar-refractivity contribution in [2.45, 2.75) is 64.7 Å². The Bertz CT molecular complexity index is 1370. The van der Waals surface area contributed by atoms with Gasteiger partial charge in [-0.05, 0) is 86.7 Å². The molecule has 1 fully saturated rings. The highest BCUT2D eigenvalue weighted by atomic mass is 32.1. The molecular formula is C29H41N7S. The summed E-state index contributed by atoms with van der Waals surface area (Å²) in [5.74, 6) is 1.79. The Morgan fingerprint density at radius 1 is 1.30 bits per heavy atom. The van der Waals surface area contributed by atoms with E-state index in [1.807, 2.05) is 23.6 Å². The number of aromatic amines is 1. The zero-order valence-electron chi connectivity index (χ0n) is 22.5. The van der Waals surface area contributed by atoms with Crippen molar-refractivity contribution in [3.63, 3.8) is 0 Å². The Kier molecular flexibility index (Phi) is 7.49. The van der Waals surface area contributed by atoms with Gasteiger partial charge >= 0.3 is 0 Å². The number of aromatic nitrogens is 2. The zero-order chi connectivity index (χ0) is 26.1. The van der Waals surface area contributed by atoms with Crippen LogP contribution in [0.3, 0.4) is 0 Å². The Morgan fingerprint density at radius 3 is 2.76 bits per heavy atom. The number of hydrogen-bond donors (Lipinski definition) is 3. The van der Waals surface area contributed by atoms with E-state index in [0.717, 1.165) is 50.4 Å². The van der Waals surface area contributed by atoms with Gasteiger partial charge in [-0.2, -0.15) is 0 Å². The number of fused-ring (bicyclic) bond motifs is 2. The molecule has 0 radical (unpaired) electrons. The number of H-pyrrole nitrogens is 1. The summed E-state index contributed by atoms with van der Waals surface area (Å²) in [6.45, 7) is 9.91. The Balaban J connectivity index is 0.00000336. The third-order valence-electron chi connectivity index (χ3n) is 7.94. The van der Waals surface area contributed by atoms with Crippen molar-refractivity contribution in [2.75, 3.05) is 26.7 Å². The van der Waals surface area contributed by atoms with Crippen molar-refractivity contribution in [3.05, 3.63) is 45.1 Å². The predicted octanol–water partition coefficient (Wildman–Crippen LogP) is 5.80. The van der Waals surface area contributed by atoms with Crippen LogP contribution in [-0.4, -0.2) is 54.1 Å². The summed E-state index contributed by atoms with van der Waals surface area (Å²) in [6.07, 6.45) is 12.6. The Hall–Kier alpha value is -2.97. The lowest BCUT2D eigenvalue weighted by Crippen LogP contribution is -2.35. The van der Waals surface area contributed by atoms with Gasteiger partial charge in [0.15, 0.2) is 5.82 Å². The van der Waals surface area contributed by atoms with E-state index >= 15 is 0 Å². The molecule has 2 aliphatic rings. The summed E-state index contributed by atoms with van der Waals surface area (Å²) in [7, 11) is 1.77. The summed E-state index contributed by atoms with van der Waals surface area (Å²) < 4.78 is 0. The number of pyridine rings is 1. The predicted molar refractivity (Wildman–Crippen MR) is 160 cm³/mol. The normalized spacial score (nSPS) is 17.8. The molecule has 3 aromatic rings. The molecule has 0 bridgehead atoms. The van der Waals surface area contributed by atoms with Crippen LogP contribution >= 0.6 is 11.3 Å². The van der Waals surface area contributed by atoms with Crippen molar-refractivity contribution in [1.82, 2.24) is 14.9 Å². The van der Waals surface area contributed by atoms with E-state index in [1.54, 1.807) is 18.1 Å². The molecule has 198 valence electrons. The molecule has 5 rings (SSSR count). The second kappa shape index (κ2) is 10.8. The molecule has 1 saturated heterocycles. The van der Waals surface area contributed by atoms with Gasteiger partial charge in [-0.3, -0.25) is 9.89 Å². The first-order valence-corrected chi connectivity index (χ1v) is 14.2. The van der Waals surface area contributed by atoms with Crippen LogP contribution in [0.4, 0.5) is 5.82 Å². The standard InChI is InChI=1S/C29H39N7S.H2/c1-17(2)24-25-18(3)27(19-9-12-36(13-10-19)15-20(31)8-11-32-4)37-29(25)35-26(24)23-14-33-28(34-16-30)22-7-5-6-21(22)23;/h8,11,14,16-17,19,35H,5-7,9-10,12-13,15,31H2,1-4H3,(H2,30,33,34);1H/b20-8-,32-11?;. The smallest absolute Gasteiger partial charge is 0.156 e. The minimum absolute atomic E-state index is 0. The number of allylic oxidation sites excluding steroid dienone is 1. The number of nitrogens with two attached hydrogens (primary N) is 2. The van der Waals surface area contributed by atoms with E-state index in [4.69, 9.17) is 16.5 Å². The largest absolute Gasteiger partial charge is 0.401 e. The van der Waals surface area contributed by atoms with Crippen molar-refractivity contribution in [1.29, 1.82) is 0 Å². The van der Waals surface area contributed by atoms with Crippen LogP contribution in [0.1, 0.15) is 73.5 Å². The highest BCUT2D eigenvalue weighted by Crippen LogP contribution is 2.47. The second-order valence-corrected chi connectivity index (χ2v) is 11.7. The number of nitrogens with zero attached hydrogens (tertiary/aromatic N) is 4. The summed E-state index contributed by atoms with van der Waals surface area (Å²) in [5, 5.41) is 1.43. The second-order valence-electron chi connectivity index (χ2n) is 10.6. The molecule has 0 aromatic carbocycles. The SMILES string of the molecule is CN=C/C=C(\N)CN1CCC(c2sc3[nH]c(-c4cnc(N=CN)c5c4CCC5)c(C(C)C)c3c2C)CC1.[HH]. The minimum Gasteiger partial charge on any atom is -0.401 e. The van der Waals surface area contributed by atoms with Gasteiger partial charge in [-0.1, -0.05) is 13.8 Å². The Labute approximate surface area is 225 Å². The highest BCUT2D eigenvalue weighted by Gasteiger charge is 2.29. The van der Waals surface area contributed by atoms with Gasteiger partial charge in [0.1, 0.15) is 4.83 Å². The molecule has 4 heterocycles. The van der Waals surface area contributed by atoms with E-state index in [-0.39, 0.29) is 1.43 Å². The lowest BCUT2D eigenvalue weighted by atomic mass is 9.89. The van der Waals surface area contributed by atoms with Crippen LogP contribution in [0, 0.1) is 6.92 Å². The van der Waals surface area contributed by atoms with E-state index in [2.05, 4.69) is 40.6 Å². The summed E-state index contributed by atoms with van der Waals surface area (Å²) in [6, 6.07) is 0. The molecule has 5 N–H and O–H groups in total. The van der Waals surface area contributed by atoms with E-state index in [9.17, 15) is 0 Å². The van der Waals surface area contributed by atoms with Gasteiger partial charge in [0.2, 0.25) is 0 Å². The van der Waals surface area contributed by atoms with Gasteiger partial charge < -0.3 is 16.5 Å². The molecule has 0 atom stereocenters. The number of likely N-dealkylation sites (tertiary alicyclic amines) is 1. The minimum atomic E-state index is 0. The first kappa shape index (κ1) is 25.7. The fourth-order valence-corrected chi connectivity index (χ4v) is 7.63. The fraction of sp³-hybridized carbons (Fsp3) is 0.483. The molecule has 7 nitrogen and oxygen atoms in total. The van der Waals surface area contributed by atoms with Crippen LogP contribution in [0.5, 0.6) is 0 Å². The number of aliphatic imine (C=N–C) groups is 2. The number of rotatable bonds is 7. The molecule has 0 amide bonds. The summed E-state index contributed by atoms with van der Waals surface area (Å²) in [4.78, 5) is 22.2. The molecule has 0 saturated carbocycles. The van der Waals surface area contributed by atoms with Gasteiger partial charge in [-0.15, -0.1) is 11.3 Å². The highest BCUT2D eigenvalue weighted by molar-refractivity contribution is 7.19. The van der Waals surface area contributed by atoms with Gasteiger partial charge in [0, 0.05) is 54.5 Å². The molecular weight excluding hydrogens is 478 g/mol. The number of hydrogen-bond acceptors (Lipinski definition) is 6. The van der Waals surface area contributed by atoms with E-state index in [0.29, 0.717) is 11.8 Å². The maximum atomic E-state index is 6.17. The maximum absolute atomic E-state index is 6.17. The third-order valence-corrected chi connectivity index (χ3v) is 9.31. The van der Waals surface area contributed by atoms with Crippen LogP contribution < -0.4 is 11.5 Å². The van der Waals surface area contributed by atoms with Crippen LogP contribution in [0.25, 0.3) is 21.5 Å². The van der Waals surface area contributed by atoms with Crippen LogP contribution in [-0.2, 0) is 12.8 Å². The first-order chi connectivity index (χ1) is 17.9. The topological polar surface area (TPSA) is 109 Å². The van der Waals surface area contributed by atoms with E-state index < -0.39 is 0 Å². The lowest BCUT2D eigenvalue weighted by molar-refractivity contribution is 0.228. The molecule has 1 aliphatic heterocycles. The molecule has 0 spiro atoms. The zero-order valence-corrected chi connectivity index (χ0v) is 23.3. The van der Waals surface area contributed by atoms with Gasteiger partial charge in [-0.25, -0.2) is 9.98 Å². The van der Waals surface area contributed by atoms with Gasteiger partial charge in [0.05, 0.1) is 12.0 Å². The summed E-state index contributed by atoms with van der Waals surface area (Å²) in [5.41, 5.74) is 20.6. The van der Waals surface area contributed by atoms with Crippen molar-refractivity contribution < 1.29 is 1.43 Å². The van der Waals surface area contributed by atoms with Crippen molar-refractivity contribution >= 4 is 39.9 Å². The number of nitrogens with one attached hydrogen (secondary N) is 1. The van der Waals surface area contributed by atoms with E-state index in [1.165, 1.54) is 62.9 Å². The fourth-order valence-electron chi connectivity index (χ4n) is 6.23. The van der Waals surface area contributed by atoms with Crippen LogP contribution in [0.2, 0.25) is 0 Å². The molecule has 0 unspecified atom stereocenters. The summed E-state index contributed by atoms with van der Waals surface area (Å²) >= 11 is 1.96. The van der Waals surface area contributed by atoms with Crippen LogP contribution in [0.15, 0.2) is 28.0 Å². The molecule has 37 heavy (non-hydrogen) atoms. The molecule has 3 aromatic heterocycles. The average molecular weight is 520 g/mol. The third kappa shape index (κ3) is 4.84. The monoisotopic (exact) mass is 519 g/mol. The van der Waals surface area contributed by atoms with Gasteiger partial charge in [0.25, 0.3) is 0 Å². The van der Waals surface area contributed by atoms with Crippen molar-refractivity contribution in [2.24, 2.45) is 21.5 Å². The number of thiophene rings is 1. The lowest BCUT2D eigenvalue weighted by Gasteiger charge is -2.32.